The molecular formula is C43H83O12P. The van der Waals surface area contributed by atoms with Crippen molar-refractivity contribution in [3.05, 3.63) is 12.2 Å². The predicted octanol–water partition coefficient (Wildman–Crippen LogP) is 8.75. The maximum Gasteiger partial charge on any atom is 0.472 e. The minimum atomic E-state index is -5.01. The van der Waals surface area contributed by atoms with Gasteiger partial charge in [-0.15, -0.1) is 0 Å². The number of phosphoric acid groups is 1. The van der Waals surface area contributed by atoms with E-state index in [0.29, 0.717) is 13.0 Å². The first-order chi connectivity index (χ1) is 27.0. The van der Waals surface area contributed by atoms with Crippen molar-refractivity contribution in [2.75, 3.05) is 19.8 Å². The Kier molecular flexibility index (Phi) is 33.1. The maximum absolute atomic E-state index is 12.8. The van der Waals surface area contributed by atoms with Gasteiger partial charge in [0.05, 0.1) is 13.2 Å². The zero-order chi connectivity index (χ0) is 41.3. The van der Waals surface area contributed by atoms with Crippen molar-refractivity contribution in [3.63, 3.8) is 0 Å². The van der Waals surface area contributed by atoms with Gasteiger partial charge in [0.15, 0.2) is 0 Å². The van der Waals surface area contributed by atoms with Crippen molar-refractivity contribution in [1.29, 1.82) is 0 Å². The van der Waals surface area contributed by atoms with Gasteiger partial charge in [-0.2, -0.15) is 0 Å². The van der Waals surface area contributed by atoms with Gasteiger partial charge in [0, 0.05) is 13.0 Å². The van der Waals surface area contributed by atoms with Crippen molar-refractivity contribution >= 4 is 13.8 Å². The molecule has 6 unspecified atom stereocenters. The summed E-state index contributed by atoms with van der Waals surface area (Å²) in [5.74, 6) is -0.478. The zero-order valence-corrected chi connectivity index (χ0v) is 36.1. The van der Waals surface area contributed by atoms with Gasteiger partial charge in [-0.05, 0) is 38.5 Å². The van der Waals surface area contributed by atoms with Crippen LogP contribution in [0.2, 0.25) is 0 Å². The zero-order valence-electron chi connectivity index (χ0n) is 35.2. The Morgan fingerprint density at radius 3 is 1.41 bits per heavy atom. The quantitative estimate of drug-likeness (QED) is 0.0150. The lowest BCUT2D eigenvalue weighted by molar-refractivity contribution is -0.220. The first kappa shape index (κ1) is 53.1. The molecule has 0 aromatic carbocycles. The highest BCUT2D eigenvalue weighted by Gasteiger charge is 2.51. The third kappa shape index (κ3) is 27.0. The Hall–Kier alpha value is -0.920. The summed E-state index contributed by atoms with van der Waals surface area (Å²) in [6.45, 7) is 4.25. The van der Waals surface area contributed by atoms with Crippen molar-refractivity contribution in [1.82, 2.24) is 0 Å². The van der Waals surface area contributed by atoms with E-state index < -0.39 is 63.1 Å². The molecule has 13 heteroatoms. The van der Waals surface area contributed by atoms with Crippen LogP contribution in [0.15, 0.2) is 12.2 Å². The Labute approximate surface area is 339 Å². The lowest BCUT2D eigenvalue weighted by Crippen LogP contribution is -2.64. The minimum absolute atomic E-state index is 0.0757. The van der Waals surface area contributed by atoms with Crippen LogP contribution < -0.4 is 0 Å². The summed E-state index contributed by atoms with van der Waals surface area (Å²) in [5.41, 5.74) is 0. The molecule has 56 heavy (non-hydrogen) atoms. The molecule has 0 amide bonds. The molecule has 0 saturated heterocycles. The Morgan fingerprint density at radius 1 is 0.554 bits per heavy atom. The third-order valence-electron chi connectivity index (χ3n) is 10.6. The van der Waals surface area contributed by atoms with Crippen LogP contribution in [-0.2, 0) is 27.9 Å². The van der Waals surface area contributed by atoms with E-state index in [2.05, 4.69) is 26.0 Å². The largest absolute Gasteiger partial charge is 0.472 e. The summed E-state index contributed by atoms with van der Waals surface area (Å²) in [6.07, 6.45) is 24.3. The summed E-state index contributed by atoms with van der Waals surface area (Å²) in [7, 11) is -5.01. The van der Waals surface area contributed by atoms with Crippen LogP contribution in [0, 0.1) is 0 Å². The molecule has 1 aliphatic rings. The van der Waals surface area contributed by atoms with Crippen LogP contribution in [0.4, 0.5) is 0 Å². The predicted molar refractivity (Wildman–Crippen MR) is 221 cm³/mol. The van der Waals surface area contributed by atoms with Crippen LogP contribution in [0.3, 0.4) is 0 Å². The van der Waals surface area contributed by atoms with Gasteiger partial charge in [-0.1, -0.05) is 161 Å². The molecule has 0 aromatic rings. The number of hydrogen-bond donors (Lipinski definition) is 6. The lowest BCUT2D eigenvalue weighted by atomic mass is 9.85. The molecule has 0 bridgehead atoms. The highest BCUT2D eigenvalue weighted by Crippen LogP contribution is 2.47. The number of carbonyl (C=O) groups excluding carboxylic acids is 1. The molecule has 6 N–H and O–H groups in total. The van der Waals surface area contributed by atoms with Gasteiger partial charge >= 0.3 is 13.8 Å². The second-order valence-corrected chi connectivity index (χ2v) is 17.3. The number of ether oxygens (including phenoxy) is 2. The van der Waals surface area contributed by atoms with E-state index in [4.69, 9.17) is 18.5 Å². The fourth-order valence-corrected chi connectivity index (χ4v) is 7.97. The molecule has 0 heterocycles. The summed E-state index contributed by atoms with van der Waals surface area (Å²) in [6, 6.07) is 0. The molecule has 0 radical (unpaired) electrons. The smallest absolute Gasteiger partial charge is 0.457 e. The van der Waals surface area contributed by atoms with E-state index in [0.717, 1.165) is 51.4 Å². The number of rotatable bonds is 38. The number of hydrogen-bond acceptors (Lipinski definition) is 11. The third-order valence-corrected chi connectivity index (χ3v) is 11.6. The van der Waals surface area contributed by atoms with Gasteiger partial charge in [-0.3, -0.25) is 13.8 Å². The van der Waals surface area contributed by atoms with E-state index in [9.17, 15) is 39.8 Å². The molecule has 332 valence electrons. The highest BCUT2D eigenvalue weighted by molar-refractivity contribution is 7.47. The lowest BCUT2D eigenvalue weighted by Gasteiger charge is -2.41. The van der Waals surface area contributed by atoms with Gasteiger partial charge in [0.1, 0.15) is 42.7 Å². The van der Waals surface area contributed by atoms with Gasteiger partial charge in [-0.25, -0.2) is 4.57 Å². The molecular weight excluding hydrogens is 739 g/mol. The average molecular weight is 823 g/mol. The van der Waals surface area contributed by atoms with Gasteiger partial charge in [0.25, 0.3) is 0 Å². The monoisotopic (exact) mass is 823 g/mol. The van der Waals surface area contributed by atoms with Crippen LogP contribution in [0.1, 0.15) is 194 Å². The Morgan fingerprint density at radius 2 is 0.946 bits per heavy atom. The van der Waals surface area contributed by atoms with Crippen molar-refractivity contribution in [2.24, 2.45) is 0 Å². The molecule has 0 aliphatic heterocycles. The normalized spacial score (nSPS) is 23.1. The molecule has 0 aromatic heterocycles. The number of carbonyl (C=O) groups is 1. The number of allylic oxidation sites excluding steroid dienone is 2. The summed E-state index contributed by atoms with van der Waals surface area (Å²) >= 11 is 0. The number of phosphoric ester groups is 1. The molecule has 6 atom stereocenters. The Balaban J connectivity index is 2.40. The first-order valence-corrected chi connectivity index (χ1v) is 24.0. The van der Waals surface area contributed by atoms with Crippen molar-refractivity contribution in [2.45, 2.75) is 236 Å². The summed E-state index contributed by atoms with van der Waals surface area (Å²) in [4.78, 5) is 23.1. The SMILES string of the molecule is CCCCCCCCC/C=C\CCCCCCCCOCC(COP(=O)(O)OC1C(O)C(O)C(O)C(O)C1O)OC(=O)CCCCCCCCCCCCCC. The molecule has 1 aliphatic carbocycles. The minimum Gasteiger partial charge on any atom is -0.457 e. The highest BCUT2D eigenvalue weighted by atomic mass is 31.2. The van der Waals surface area contributed by atoms with Gasteiger partial charge in [0.2, 0.25) is 0 Å². The fourth-order valence-electron chi connectivity index (χ4n) is 7.00. The second kappa shape index (κ2) is 34.9. The van der Waals surface area contributed by atoms with Crippen LogP contribution in [0.5, 0.6) is 0 Å². The molecule has 0 spiro atoms. The number of aliphatic hydroxyl groups is 5. The molecule has 1 rings (SSSR count). The van der Waals surface area contributed by atoms with E-state index in [1.54, 1.807) is 0 Å². The number of unbranched alkanes of at least 4 members (excludes halogenated alkanes) is 24. The van der Waals surface area contributed by atoms with E-state index in [1.807, 2.05) is 0 Å². The standard InChI is InChI=1S/C43H83O12P/c1-3-5-7-9-11-13-15-17-18-19-20-21-23-25-27-29-31-33-52-34-36(54-37(44)32-30-28-26-24-22-16-14-12-10-8-6-4-2)35-53-56(50,51)55-43-41(48)39(46)38(45)40(47)42(43)49/h18-19,36,38-43,45-49H,3-17,20-35H2,1-2H3,(H,50,51)/b19-18-. The fraction of sp³-hybridized carbons (Fsp3) is 0.930. The summed E-state index contributed by atoms with van der Waals surface area (Å²) < 4.78 is 34.1. The second-order valence-electron chi connectivity index (χ2n) is 15.9. The molecule has 1 fully saturated rings. The number of esters is 1. The maximum atomic E-state index is 12.8. The van der Waals surface area contributed by atoms with E-state index in [-0.39, 0.29) is 13.0 Å². The Bertz CT molecular complexity index is 984. The average Bonchev–Trinajstić information content (AvgIpc) is 3.18. The molecule has 1 saturated carbocycles. The summed E-state index contributed by atoms with van der Waals surface area (Å²) in [5, 5.41) is 50.1. The van der Waals surface area contributed by atoms with E-state index in [1.165, 1.54) is 116 Å². The van der Waals surface area contributed by atoms with E-state index >= 15 is 0 Å². The van der Waals surface area contributed by atoms with Crippen LogP contribution >= 0.6 is 7.82 Å². The van der Waals surface area contributed by atoms with Crippen molar-refractivity contribution in [3.8, 4) is 0 Å². The van der Waals surface area contributed by atoms with Crippen LogP contribution in [-0.4, -0.2) is 98.9 Å². The van der Waals surface area contributed by atoms with Crippen LogP contribution in [0.25, 0.3) is 0 Å². The van der Waals surface area contributed by atoms with Crippen molar-refractivity contribution < 1.29 is 58.3 Å². The topological polar surface area (TPSA) is 192 Å². The number of aliphatic hydroxyl groups excluding tert-OH is 5. The molecule has 12 nitrogen and oxygen atoms in total. The first-order valence-electron chi connectivity index (χ1n) is 22.5. The van der Waals surface area contributed by atoms with Gasteiger partial charge < -0.3 is 39.9 Å².